The summed E-state index contributed by atoms with van der Waals surface area (Å²) in [7, 11) is 0. The maximum absolute atomic E-state index is 12.1. The molecule has 7 heteroatoms. The predicted octanol–water partition coefficient (Wildman–Crippen LogP) is 3.46. The minimum atomic E-state index is -0.254. The number of amides is 1. The van der Waals surface area contributed by atoms with Crippen molar-refractivity contribution in [3.63, 3.8) is 0 Å². The van der Waals surface area contributed by atoms with E-state index in [0.717, 1.165) is 30.8 Å². The van der Waals surface area contributed by atoms with Gasteiger partial charge in [0.15, 0.2) is 23.0 Å². The summed E-state index contributed by atoms with van der Waals surface area (Å²) in [5, 5.41) is 6.64. The van der Waals surface area contributed by atoms with Crippen LogP contribution in [0.5, 0.6) is 11.5 Å². The fourth-order valence-electron chi connectivity index (χ4n) is 2.91. The number of carbonyl (C=O) groups is 1. The van der Waals surface area contributed by atoms with E-state index in [1.807, 2.05) is 12.1 Å². The molecule has 1 aromatic carbocycles. The van der Waals surface area contributed by atoms with Crippen LogP contribution in [0.15, 0.2) is 51.6 Å². The number of ether oxygens (including phenoxy) is 2. The monoisotopic (exact) mass is 368 g/mol. The lowest BCUT2D eigenvalue weighted by Gasteiger charge is -2.18. The average molecular weight is 368 g/mol. The number of rotatable bonds is 7. The Bertz CT molecular complexity index is 901. The molecule has 140 valence electrons. The summed E-state index contributed by atoms with van der Waals surface area (Å²) in [6, 6.07) is 11.1. The first-order valence-corrected chi connectivity index (χ1v) is 8.97. The van der Waals surface area contributed by atoms with Crippen LogP contribution in [0.2, 0.25) is 0 Å². The molecule has 1 aliphatic rings. The first-order chi connectivity index (χ1) is 13.3. The number of nitrogens with zero attached hydrogens (tertiary/aromatic N) is 1. The van der Waals surface area contributed by atoms with E-state index in [4.69, 9.17) is 18.4 Å². The van der Waals surface area contributed by atoms with E-state index in [1.54, 1.807) is 24.5 Å². The average Bonchev–Trinajstić information content (AvgIpc) is 3.39. The summed E-state index contributed by atoms with van der Waals surface area (Å²) in [5.74, 6) is 2.34. The number of benzene rings is 1. The molecule has 0 saturated heterocycles. The summed E-state index contributed by atoms with van der Waals surface area (Å²) < 4.78 is 21.5. The lowest BCUT2D eigenvalue weighted by molar-refractivity contribution is 0.0944. The molecule has 0 atom stereocenters. The molecule has 27 heavy (non-hydrogen) atoms. The van der Waals surface area contributed by atoms with E-state index in [9.17, 15) is 4.79 Å². The van der Waals surface area contributed by atoms with Crippen LogP contribution < -0.4 is 14.8 Å². The van der Waals surface area contributed by atoms with E-state index < -0.39 is 0 Å². The molecule has 1 aliphatic heterocycles. The molecule has 1 amide bonds. The molecule has 0 unspecified atom stereocenters. The van der Waals surface area contributed by atoms with E-state index >= 15 is 0 Å². The van der Waals surface area contributed by atoms with Gasteiger partial charge in [0.2, 0.25) is 5.76 Å². The molecule has 0 spiro atoms. The van der Waals surface area contributed by atoms with Crippen LogP contribution in [0.3, 0.4) is 0 Å². The molecule has 0 bridgehead atoms. The summed E-state index contributed by atoms with van der Waals surface area (Å²) in [4.78, 5) is 12.1. The van der Waals surface area contributed by atoms with Gasteiger partial charge in [-0.1, -0.05) is 11.2 Å². The molecule has 0 radical (unpaired) electrons. The number of unbranched alkanes of at least 4 members (excludes halogenated alkanes) is 1. The Balaban J connectivity index is 1.20. The third-order valence-electron chi connectivity index (χ3n) is 4.29. The summed E-state index contributed by atoms with van der Waals surface area (Å²) >= 11 is 0. The molecular formula is C20H20N2O5. The number of furan rings is 1. The fourth-order valence-corrected chi connectivity index (χ4v) is 2.91. The molecule has 4 rings (SSSR count). The number of aromatic nitrogens is 1. The largest absolute Gasteiger partial charge is 0.486 e. The van der Waals surface area contributed by atoms with Crippen LogP contribution >= 0.6 is 0 Å². The van der Waals surface area contributed by atoms with Gasteiger partial charge in [-0.15, -0.1) is 0 Å². The van der Waals surface area contributed by atoms with Crippen molar-refractivity contribution >= 4 is 5.91 Å². The van der Waals surface area contributed by atoms with Gasteiger partial charge in [-0.3, -0.25) is 4.79 Å². The van der Waals surface area contributed by atoms with Crippen molar-refractivity contribution in [3.8, 4) is 23.0 Å². The first-order valence-electron chi connectivity index (χ1n) is 8.97. The SMILES string of the molecule is O=C(NCCCCc1ccc2c(c1)OCCO2)c1cc(-c2ccco2)on1. The highest BCUT2D eigenvalue weighted by Gasteiger charge is 2.15. The Morgan fingerprint density at radius 3 is 2.78 bits per heavy atom. The van der Waals surface area contributed by atoms with Gasteiger partial charge >= 0.3 is 0 Å². The number of hydrogen-bond acceptors (Lipinski definition) is 6. The highest BCUT2D eigenvalue weighted by Crippen LogP contribution is 2.31. The topological polar surface area (TPSA) is 86.7 Å². The molecule has 0 fully saturated rings. The van der Waals surface area contributed by atoms with E-state index in [1.165, 1.54) is 5.56 Å². The van der Waals surface area contributed by atoms with Crippen molar-refractivity contribution in [1.29, 1.82) is 0 Å². The van der Waals surface area contributed by atoms with Crippen LogP contribution in [0.1, 0.15) is 28.9 Å². The smallest absolute Gasteiger partial charge is 0.273 e. The van der Waals surface area contributed by atoms with Crippen molar-refractivity contribution in [1.82, 2.24) is 10.5 Å². The third-order valence-corrected chi connectivity index (χ3v) is 4.29. The number of nitrogens with one attached hydrogen (secondary N) is 1. The fraction of sp³-hybridized carbons (Fsp3) is 0.300. The predicted molar refractivity (Wildman–Crippen MR) is 96.9 cm³/mol. The Kier molecular flexibility index (Phi) is 5.09. The quantitative estimate of drug-likeness (QED) is 0.643. The normalized spacial score (nSPS) is 12.7. The van der Waals surface area contributed by atoms with Crippen molar-refractivity contribution in [3.05, 3.63) is 53.9 Å². The van der Waals surface area contributed by atoms with Gasteiger partial charge in [0.1, 0.15) is 13.2 Å². The van der Waals surface area contributed by atoms with Crippen molar-refractivity contribution < 1.29 is 23.2 Å². The second kappa shape index (κ2) is 7.99. The molecular weight excluding hydrogens is 348 g/mol. The molecule has 7 nitrogen and oxygen atoms in total. The Morgan fingerprint density at radius 1 is 1.04 bits per heavy atom. The molecule has 3 heterocycles. The van der Waals surface area contributed by atoms with Gasteiger partial charge in [0.05, 0.1) is 6.26 Å². The zero-order valence-electron chi connectivity index (χ0n) is 14.8. The number of hydrogen-bond donors (Lipinski definition) is 1. The molecule has 0 saturated carbocycles. The lowest BCUT2D eigenvalue weighted by atomic mass is 10.1. The Morgan fingerprint density at radius 2 is 1.93 bits per heavy atom. The molecule has 2 aromatic heterocycles. The Labute approximate surface area is 156 Å². The Hall–Kier alpha value is -3.22. The lowest BCUT2D eigenvalue weighted by Crippen LogP contribution is -2.24. The number of fused-ring (bicyclic) bond motifs is 1. The third kappa shape index (κ3) is 4.13. The minimum Gasteiger partial charge on any atom is -0.486 e. The number of carbonyl (C=O) groups excluding carboxylic acids is 1. The van der Waals surface area contributed by atoms with Crippen molar-refractivity contribution in [2.75, 3.05) is 19.8 Å². The zero-order chi connectivity index (χ0) is 18.5. The van der Waals surface area contributed by atoms with Gasteiger partial charge in [0.25, 0.3) is 5.91 Å². The van der Waals surface area contributed by atoms with Gasteiger partial charge in [0, 0.05) is 12.6 Å². The van der Waals surface area contributed by atoms with Crippen LogP contribution in [0, 0.1) is 0 Å². The first kappa shape index (κ1) is 17.2. The maximum atomic E-state index is 12.1. The van der Waals surface area contributed by atoms with Gasteiger partial charge in [-0.2, -0.15) is 0 Å². The van der Waals surface area contributed by atoms with Crippen LogP contribution in [0.25, 0.3) is 11.5 Å². The summed E-state index contributed by atoms with van der Waals surface area (Å²) in [6.45, 7) is 1.76. The van der Waals surface area contributed by atoms with Crippen molar-refractivity contribution in [2.45, 2.75) is 19.3 Å². The second-order valence-corrected chi connectivity index (χ2v) is 6.24. The summed E-state index contributed by atoms with van der Waals surface area (Å²) in [5.41, 5.74) is 1.44. The van der Waals surface area contributed by atoms with Crippen molar-refractivity contribution in [2.24, 2.45) is 0 Å². The standard InChI is InChI=1S/C20H20N2O5/c23-20(15-13-19(27-22-15)16-5-3-9-24-16)21-8-2-1-4-14-6-7-17-18(12-14)26-11-10-25-17/h3,5-7,9,12-13H,1-2,4,8,10-11H2,(H,21,23). The van der Waals surface area contributed by atoms with Crippen LogP contribution in [-0.4, -0.2) is 30.8 Å². The van der Waals surface area contributed by atoms with E-state index in [-0.39, 0.29) is 11.6 Å². The molecule has 1 N–H and O–H groups in total. The highest BCUT2D eigenvalue weighted by atomic mass is 16.6. The maximum Gasteiger partial charge on any atom is 0.273 e. The minimum absolute atomic E-state index is 0.244. The van der Waals surface area contributed by atoms with Gasteiger partial charge in [-0.05, 0) is 49.1 Å². The van der Waals surface area contributed by atoms with Crippen LogP contribution in [-0.2, 0) is 6.42 Å². The van der Waals surface area contributed by atoms with Gasteiger partial charge in [-0.25, -0.2) is 0 Å². The second-order valence-electron chi connectivity index (χ2n) is 6.24. The highest BCUT2D eigenvalue weighted by molar-refractivity contribution is 5.92. The zero-order valence-corrected chi connectivity index (χ0v) is 14.8. The van der Waals surface area contributed by atoms with E-state index in [2.05, 4.69) is 16.5 Å². The van der Waals surface area contributed by atoms with Crippen LogP contribution in [0.4, 0.5) is 0 Å². The molecule has 3 aromatic rings. The number of aryl methyl sites for hydroxylation is 1. The van der Waals surface area contributed by atoms with Gasteiger partial charge < -0.3 is 23.7 Å². The van der Waals surface area contributed by atoms with E-state index in [0.29, 0.717) is 31.3 Å². The molecule has 0 aliphatic carbocycles. The summed E-state index contributed by atoms with van der Waals surface area (Å²) in [6.07, 6.45) is 4.28.